The SMILES string of the molecule is CCCCN(C)C(=O)CCN(C(C)=O)c1cccc(Cl)c1. The maximum atomic E-state index is 12.0. The van der Waals surface area contributed by atoms with Crippen molar-refractivity contribution in [2.24, 2.45) is 0 Å². The molecule has 1 aromatic carbocycles. The second kappa shape index (κ2) is 8.67. The Hall–Kier alpha value is -1.55. The molecule has 0 spiro atoms. The maximum Gasteiger partial charge on any atom is 0.224 e. The number of hydrogen-bond acceptors (Lipinski definition) is 2. The molecule has 21 heavy (non-hydrogen) atoms. The molecule has 116 valence electrons. The van der Waals surface area contributed by atoms with Gasteiger partial charge in [-0.3, -0.25) is 9.59 Å². The van der Waals surface area contributed by atoms with Crippen LogP contribution in [0.5, 0.6) is 0 Å². The summed E-state index contributed by atoms with van der Waals surface area (Å²) in [5.41, 5.74) is 0.721. The molecule has 0 saturated heterocycles. The van der Waals surface area contributed by atoms with E-state index in [1.165, 1.54) is 6.92 Å². The van der Waals surface area contributed by atoms with Crippen LogP contribution in [-0.2, 0) is 9.59 Å². The Morgan fingerprint density at radius 1 is 1.24 bits per heavy atom. The quantitative estimate of drug-likeness (QED) is 0.775. The van der Waals surface area contributed by atoms with E-state index < -0.39 is 0 Å². The molecule has 0 atom stereocenters. The van der Waals surface area contributed by atoms with Gasteiger partial charge in [0.1, 0.15) is 0 Å². The normalized spacial score (nSPS) is 10.3. The maximum absolute atomic E-state index is 12.0. The van der Waals surface area contributed by atoms with Crippen molar-refractivity contribution >= 4 is 29.1 Å². The highest BCUT2D eigenvalue weighted by atomic mass is 35.5. The average molecular weight is 311 g/mol. The van der Waals surface area contributed by atoms with Crippen molar-refractivity contribution in [3.63, 3.8) is 0 Å². The molecule has 0 fully saturated rings. The zero-order valence-corrected chi connectivity index (χ0v) is 13.7. The van der Waals surface area contributed by atoms with Crippen LogP contribution in [0.2, 0.25) is 5.02 Å². The number of carbonyl (C=O) groups excluding carboxylic acids is 2. The van der Waals surface area contributed by atoms with Crippen LogP contribution < -0.4 is 4.90 Å². The van der Waals surface area contributed by atoms with Gasteiger partial charge in [0.2, 0.25) is 11.8 Å². The van der Waals surface area contributed by atoms with E-state index in [4.69, 9.17) is 11.6 Å². The van der Waals surface area contributed by atoms with Crippen LogP contribution in [-0.4, -0.2) is 36.9 Å². The molecule has 0 bridgehead atoms. The standard InChI is InChI=1S/C16H23ClN2O2/c1-4-5-10-18(3)16(21)9-11-19(13(2)20)15-8-6-7-14(17)12-15/h6-8,12H,4-5,9-11H2,1-3H3. The Morgan fingerprint density at radius 3 is 2.52 bits per heavy atom. The van der Waals surface area contributed by atoms with E-state index in [1.807, 2.05) is 6.07 Å². The smallest absolute Gasteiger partial charge is 0.224 e. The highest BCUT2D eigenvalue weighted by Crippen LogP contribution is 2.20. The lowest BCUT2D eigenvalue weighted by Gasteiger charge is -2.23. The molecule has 1 rings (SSSR count). The fraction of sp³-hybridized carbons (Fsp3) is 0.500. The molecule has 2 amide bonds. The number of carbonyl (C=O) groups is 2. The van der Waals surface area contributed by atoms with E-state index >= 15 is 0 Å². The third-order valence-corrected chi connectivity index (χ3v) is 3.56. The molecule has 0 aliphatic heterocycles. The fourth-order valence-corrected chi connectivity index (χ4v) is 2.22. The van der Waals surface area contributed by atoms with E-state index in [0.29, 0.717) is 18.0 Å². The van der Waals surface area contributed by atoms with Crippen molar-refractivity contribution in [3.8, 4) is 0 Å². The largest absolute Gasteiger partial charge is 0.346 e. The summed E-state index contributed by atoms with van der Waals surface area (Å²) < 4.78 is 0. The lowest BCUT2D eigenvalue weighted by atomic mass is 10.2. The van der Waals surface area contributed by atoms with Crippen molar-refractivity contribution in [1.29, 1.82) is 0 Å². The third kappa shape index (κ3) is 5.76. The first-order valence-electron chi connectivity index (χ1n) is 7.23. The Kier molecular flexibility index (Phi) is 7.23. The van der Waals surface area contributed by atoms with Gasteiger partial charge < -0.3 is 9.80 Å². The van der Waals surface area contributed by atoms with Crippen LogP contribution in [0.3, 0.4) is 0 Å². The molecule has 0 unspecified atom stereocenters. The van der Waals surface area contributed by atoms with Gasteiger partial charge in [-0.05, 0) is 24.6 Å². The van der Waals surface area contributed by atoms with E-state index in [0.717, 1.165) is 25.1 Å². The van der Waals surface area contributed by atoms with Crippen molar-refractivity contribution in [2.75, 3.05) is 25.0 Å². The van der Waals surface area contributed by atoms with Gasteiger partial charge in [-0.15, -0.1) is 0 Å². The summed E-state index contributed by atoms with van der Waals surface area (Å²) in [6.07, 6.45) is 2.36. The summed E-state index contributed by atoms with van der Waals surface area (Å²) in [6.45, 7) is 4.71. The summed E-state index contributed by atoms with van der Waals surface area (Å²) >= 11 is 5.95. The molecular formula is C16H23ClN2O2. The second-order valence-electron chi connectivity index (χ2n) is 5.07. The molecular weight excluding hydrogens is 288 g/mol. The predicted molar refractivity (Wildman–Crippen MR) is 86.6 cm³/mol. The number of benzene rings is 1. The topological polar surface area (TPSA) is 40.6 Å². The Morgan fingerprint density at radius 2 is 1.95 bits per heavy atom. The van der Waals surface area contributed by atoms with Crippen molar-refractivity contribution in [3.05, 3.63) is 29.3 Å². The minimum Gasteiger partial charge on any atom is -0.346 e. The van der Waals surface area contributed by atoms with Crippen LogP contribution in [0.15, 0.2) is 24.3 Å². The molecule has 0 aliphatic rings. The zero-order valence-electron chi connectivity index (χ0n) is 12.9. The van der Waals surface area contributed by atoms with Crippen LogP contribution in [0.1, 0.15) is 33.1 Å². The number of rotatable bonds is 7. The number of nitrogens with zero attached hydrogens (tertiary/aromatic N) is 2. The first kappa shape index (κ1) is 17.5. The predicted octanol–water partition coefficient (Wildman–Crippen LogP) is 3.34. The summed E-state index contributed by atoms with van der Waals surface area (Å²) in [5, 5.41) is 0.574. The minimum absolute atomic E-state index is 0.0525. The van der Waals surface area contributed by atoms with Gasteiger partial charge in [0.25, 0.3) is 0 Å². The number of amides is 2. The van der Waals surface area contributed by atoms with E-state index in [9.17, 15) is 9.59 Å². The van der Waals surface area contributed by atoms with E-state index in [1.54, 1.807) is 35.0 Å². The van der Waals surface area contributed by atoms with E-state index in [2.05, 4.69) is 6.92 Å². The van der Waals surface area contributed by atoms with Crippen molar-refractivity contribution in [2.45, 2.75) is 33.1 Å². The molecule has 0 heterocycles. The van der Waals surface area contributed by atoms with Gasteiger partial charge in [0, 0.05) is 44.2 Å². The van der Waals surface area contributed by atoms with Gasteiger partial charge in [-0.25, -0.2) is 0 Å². The number of unbranched alkanes of at least 4 members (excludes halogenated alkanes) is 1. The third-order valence-electron chi connectivity index (χ3n) is 3.32. The number of halogens is 1. The zero-order chi connectivity index (χ0) is 15.8. The molecule has 5 heteroatoms. The van der Waals surface area contributed by atoms with Crippen LogP contribution in [0.4, 0.5) is 5.69 Å². The fourth-order valence-electron chi connectivity index (χ4n) is 2.03. The van der Waals surface area contributed by atoms with Crippen LogP contribution >= 0.6 is 11.6 Å². The highest BCUT2D eigenvalue weighted by molar-refractivity contribution is 6.30. The Balaban J connectivity index is 2.64. The van der Waals surface area contributed by atoms with Gasteiger partial charge in [-0.1, -0.05) is 31.0 Å². The summed E-state index contributed by atoms with van der Waals surface area (Å²) in [4.78, 5) is 27.1. The summed E-state index contributed by atoms with van der Waals surface area (Å²) in [5.74, 6) is -0.0435. The monoisotopic (exact) mass is 310 g/mol. The first-order valence-corrected chi connectivity index (χ1v) is 7.61. The summed E-state index contributed by atoms with van der Waals surface area (Å²) in [6, 6.07) is 7.10. The average Bonchev–Trinajstić information content (AvgIpc) is 2.44. The second-order valence-corrected chi connectivity index (χ2v) is 5.51. The highest BCUT2D eigenvalue weighted by Gasteiger charge is 2.15. The van der Waals surface area contributed by atoms with Gasteiger partial charge in [-0.2, -0.15) is 0 Å². The molecule has 0 N–H and O–H groups in total. The lowest BCUT2D eigenvalue weighted by Crippen LogP contribution is -2.35. The number of anilines is 1. The lowest BCUT2D eigenvalue weighted by molar-refractivity contribution is -0.129. The van der Waals surface area contributed by atoms with Crippen molar-refractivity contribution < 1.29 is 9.59 Å². The van der Waals surface area contributed by atoms with Gasteiger partial charge in [0.05, 0.1) is 0 Å². The minimum atomic E-state index is -0.0960. The summed E-state index contributed by atoms with van der Waals surface area (Å²) in [7, 11) is 1.80. The molecule has 4 nitrogen and oxygen atoms in total. The van der Waals surface area contributed by atoms with Gasteiger partial charge in [0.15, 0.2) is 0 Å². The van der Waals surface area contributed by atoms with E-state index in [-0.39, 0.29) is 11.8 Å². The first-order chi connectivity index (χ1) is 9.95. The van der Waals surface area contributed by atoms with Gasteiger partial charge >= 0.3 is 0 Å². The van der Waals surface area contributed by atoms with Crippen molar-refractivity contribution in [1.82, 2.24) is 4.90 Å². The molecule has 0 aromatic heterocycles. The molecule has 1 aromatic rings. The van der Waals surface area contributed by atoms with Crippen LogP contribution in [0.25, 0.3) is 0 Å². The Bertz CT molecular complexity index is 491. The molecule has 0 radical (unpaired) electrons. The van der Waals surface area contributed by atoms with Crippen LogP contribution in [0, 0.1) is 0 Å². The number of hydrogen-bond donors (Lipinski definition) is 0. The Labute approximate surface area is 131 Å². The molecule has 0 saturated carbocycles. The molecule has 0 aliphatic carbocycles.